The summed E-state index contributed by atoms with van der Waals surface area (Å²) in [4.78, 5) is 28.1. The quantitative estimate of drug-likeness (QED) is 0.683. The first-order chi connectivity index (χ1) is 13.2. The lowest BCUT2D eigenvalue weighted by Crippen LogP contribution is -2.64. The van der Waals surface area contributed by atoms with Crippen molar-refractivity contribution in [3.8, 4) is 5.75 Å². The van der Waals surface area contributed by atoms with E-state index in [-0.39, 0.29) is 23.3 Å². The molecule has 1 spiro atoms. The first-order valence-electron chi connectivity index (χ1n) is 9.86. The smallest absolute Gasteiger partial charge is 0.255 e. The van der Waals surface area contributed by atoms with Crippen molar-refractivity contribution in [2.24, 2.45) is 5.41 Å². The molecule has 3 heterocycles. The molecule has 1 aromatic rings. The molecule has 1 atom stereocenters. The third-order valence-corrected chi connectivity index (χ3v) is 5.91. The van der Waals surface area contributed by atoms with Gasteiger partial charge in [-0.05, 0) is 37.8 Å². The highest BCUT2D eigenvalue weighted by atomic mass is 16.5. The van der Waals surface area contributed by atoms with Gasteiger partial charge in [0.15, 0.2) is 0 Å². The number of carbonyl (C=O) groups is 2. The zero-order valence-electron chi connectivity index (χ0n) is 15.6. The molecular formula is C21H27N3O3. The Labute approximate surface area is 159 Å². The van der Waals surface area contributed by atoms with Crippen molar-refractivity contribution in [3.63, 3.8) is 0 Å². The molecule has 3 aliphatic rings. The van der Waals surface area contributed by atoms with E-state index in [1.54, 1.807) is 6.07 Å². The van der Waals surface area contributed by atoms with Gasteiger partial charge in [0.25, 0.3) is 5.91 Å². The molecule has 0 aromatic heterocycles. The van der Waals surface area contributed by atoms with E-state index in [2.05, 4.69) is 10.6 Å². The maximum absolute atomic E-state index is 13.3. The average molecular weight is 369 g/mol. The van der Waals surface area contributed by atoms with Gasteiger partial charge in [-0.25, -0.2) is 0 Å². The lowest BCUT2D eigenvalue weighted by molar-refractivity contribution is -0.149. The minimum absolute atomic E-state index is 0.0627. The number of piperidine rings is 1. The lowest BCUT2D eigenvalue weighted by atomic mass is 9.76. The number of para-hydroxylation sites is 1. The number of hydrogen-bond donors (Lipinski definition) is 2. The number of rotatable bonds is 0. The van der Waals surface area contributed by atoms with Crippen molar-refractivity contribution in [2.45, 2.75) is 31.7 Å². The molecule has 0 aliphatic carbocycles. The van der Waals surface area contributed by atoms with E-state index in [0.717, 1.165) is 45.3 Å². The number of hydrogen-bond acceptors (Lipinski definition) is 4. The number of nitrogens with zero attached hydrogens (tertiary/aromatic N) is 1. The van der Waals surface area contributed by atoms with Gasteiger partial charge < -0.3 is 20.3 Å². The third-order valence-electron chi connectivity index (χ3n) is 5.91. The maximum atomic E-state index is 13.3. The van der Waals surface area contributed by atoms with E-state index in [9.17, 15) is 9.59 Å². The standard InChI is InChI=1S/C21H27N3O3/c25-19-17-8-1-2-9-18(17)27-12-6-4-10-21(14-22-15-21)20(26)24-11-5-3-7-16(24)13-23-19/h1-2,4,6,8-9,16,22H,3,5,7,10-15H2,(H,23,25)/b6-4+. The van der Waals surface area contributed by atoms with Crippen LogP contribution in [-0.2, 0) is 4.79 Å². The molecule has 0 radical (unpaired) electrons. The van der Waals surface area contributed by atoms with E-state index >= 15 is 0 Å². The van der Waals surface area contributed by atoms with Crippen LogP contribution >= 0.6 is 0 Å². The summed E-state index contributed by atoms with van der Waals surface area (Å²) < 4.78 is 5.80. The van der Waals surface area contributed by atoms with Gasteiger partial charge in [-0.3, -0.25) is 9.59 Å². The zero-order valence-corrected chi connectivity index (χ0v) is 15.6. The summed E-state index contributed by atoms with van der Waals surface area (Å²) in [7, 11) is 0. The van der Waals surface area contributed by atoms with Crippen LogP contribution in [0.3, 0.4) is 0 Å². The van der Waals surface area contributed by atoms with Crippen molar-refractivity contribution in [3.05, 3.63) is 42.0 Å². The molecule has 4 rings (SSSR count). The Hall–Kier alpha value is -2.34. The third kappa shape index (κ3) is 3.58. The van der Waals surface area contributed by atoms with Gasteiger partial charge in [-0.1, -0.05) is 24.3 Å². The van der Waals surface area contributed by atoms with E-state index in [4.69, 9.17) is 4.74 Å². The monoisotopic (exact) mass is 369 g/mol. The Bertz CT molecular complexity index is 742. The van der Waals surface area contributed by atoms with E-state index < -0.39 is 0 Å². The molecule has 27 heavy (non-hydrogen) atoms. The molecule has 0 bridgehead atoms. The number of carbonyl (C=O) groups excluding carboxylic acids is 2. The van der Waals surface area contributed by atoms with Gasteiger partial charge in [0.1, 0.15) is 12.4 Å². The largest absolute Gasteiger partial charge is 0.489 e. The Morgan fingerprint density at radius 3 is 2.78 bits per heavy atom. The summed E-state index contributed by atoms with van der Waals surface area (Å²) in [5.74, 6) is 0.668. The summed E-state index contributed by atoms with van der Waals surface area (Å²) in [6.45, 7) is 3.09. The predicted molar refractivity (Wildman–Crippen MR) is 103 cm³/mol. The second-order valence-electron chi connectivity index (χ2n) is 7.72. The van der Waals surface area contributed by atoms with Crippen LogP contribution < -0.4 is 15.4 Å². The number of benzene rings is 1. The molecule has 2 N–H and O–H groups in total. The fourth-order valence-electron chi connectivity index (χ4n) is 4.20. The van der Waals surface area contributed by atoms with Gasteiger partial charge >= 0.3 is 0 Å². The van der Waals surface area contributed by atoms with Crippen molar-refractivity contribution < 1.29 is 14.3 Å². The van der Waals surface area contributed by atoms with Crippen LogP contribution in [0.15, 0.2) is 36.4 Å². The van der Waals surface area contributed by atoms with Gasteiger partial charge in [-0.2, -0.15) is 0 Å². The van der Waals surface area contributed by atoms with E-state index in [1.165, 1.54) is 0 Å². The average Bonchev–Trinajstić information content (AvgIpc) is 2.67. The first-order valence-corrected chi connectivity index (χ1v) is 9.86. The normalized spacial score (nSPS) is 26.7. The highest BCUT2D eigenvalue weighted by Gasteiger charge is 2.47. The molecule has 2 amide bonds. The van der Waals surface area contributed by atoms with Crippen molar-refractivity contribution in [1.29, 1.82) is 0 Å². The molecule has 6 nitrogen and oxygen atoms in total. The number of nitrogens with one attached hydrogen (secondary N) is 2. The summed E-state index contributed by atoms with van der Waals surface area (Å²) in [6, 6.07) is 7.37. The number of fused-ring (bicyclic) bond motifs is 2. The Kier molecular flexibility index (Phi) is 5.16. The van der Waals surface area contributed by atoms with E-state index in [1.807, 2.05) is 35.3 Å². The molecule has 3 aliphatic heterocycles. The van der Waals surface area contributed by atoms with Crippen LogP contribution in [0, 0.1) is 5.41 Å². The van der Waals surface area contributed by atoms with Crippen molar-refractivity contribution in [1.82, 2.24) is 15.5 Å². The van der Waals surface area contributed by atoms with Crippen LogP contribution in [0.2, 0.25) is 0 Å². The minimum atomic E-state index is -0.349. The summed E-state index contributed by atoms with van der Waals surface area (Å²) >= 11 is 0. The van der Waals surface area contributed by atoms with Gasteiger partial charge in [0.05, 0.1) is 11.0 Å². The number of amides is 2. The molecule has 2 fully saturated rings. The summed E-state index contributed by atoms with van der Waals surface area (Å²) in [5.41, 5.74) is 0.189. The summed E-state index contributed by atoms with van der Waals surface area (Å²) in [5, 5.41) is 6.30. The Morgan fingerprint density at radius 2 is 1.96 bits per heavy atom. The Morgan fingerprint density at radius 1 is 1.11 bits per heavy atom. The first kappa shape index (κ1) is 18.0. The summed E-state index contributed by atoms with van der Waals surface area (Å²) in [6.07, 6.45) is 7.78. The van der Waals surface area contributed by atoms with Crippen LogP contribution in [0.4, 0.5) is 0 Å². The van der Waals surface area contributed by atoms with Crippen LogP contribution in [0.1, 0.15) is 36.0 Å². The molecule has 6 heteroatoms. The van der Waals surface area contributed by atoms with E-state index in [0.29, 0.717) is 24.5 Å². The van der Waals surface area contributed by atoms with Gasteiger partial charge in [0.2, 0.25) is 5.91 Å². The molecule has 144 valence electrons. The molecule has 1 unspecified atom stereocenters. The molecule has 2 saturated heterocycles. The fraction of sp³-hybridized carbons (Fsp3) is 0.524. The van der Waals surface area contributed by atoms with Gasteiger partial charge in [0, 0.05) is 32.2 Å². The number of allylic oxidation sites excluding steroid dienone is 1. The lowest BCUT2D eigenvalue weighted by Gasteiger charge is -2.47. The fourth-order valence-corrected chi connectivity index (χ4v) is 4.20. The topological polar surface area (TPSA) is 70.7 Å². The second-order valence-corrected chi connectivity index (χ2v) is 7.72. The van der Waals surface area contributed by atoms with Crippen molar-refractivity contribution in [2.75, 3.05) is 32.8 Å². The highest BCUT2D eigenvalue weighted by Crippen LogP contribution is 2.33. The minimum Gasteiger partial charge on any atom is -0.489 e. The van der Waals surface area contributed by atoms with Crippen molar-refractivity contribution >= 4 is 11.8 Å². The molecule has 0 saturated carbocycles. The second kappa shape index (κ2) is 7.72. The van der Waals surface area contributed by atoms with Crippen LogP contribution in [0.5, 0.6) is 5.75 Å². The molecule has 1 aromatic carbocycles. The zero-order chi connectivity index (χ0) is 18.7. The Balaban J connectivity index is 1.61. The molecular weight excluding hydrogens is 342 g/mol. The SMILES string of the molecule is O=C1NCC2CCCCN2C(=O)C2(C/C=C/COc3ccccc31)CNC2. The highest BCUT2D eigenvalue weighted by molar-refractivity contribution is 5.97. The van der Waals surface area contributed by atoms with Gasteiger partial charge in [-0.15, -0.1) is 0 Å². The van der Waals surface area contributed by atoms with Crippen LogP contribution in [-0.4, -0.2) is 55.5 Å². The predicted octanol–water partition coefficient (Wildman–Crippen LogP) is 1.73. The number of ether oxygens (including phenoxy) is 1. The van der Waals surface area contributed by atoms with Crippen LogP contribution in [0.25, 0.3) is 0 Å². The maximum Gasteiger partial charge on any atom is 0.255 e.